The normalized spacial score (nSPS) is 12.0. The summed E-state index contributed by atoms with van der Waals surface area (Å²) in [6.45, 7) is 11.3. The summed E-state index contributed by atoms with van der Waals surface area (Å²) in [5, 5.41) is 2.63. The van der Waals surface area contributed by atoms with Gasteiger partial charge in [-0.15, -0.1) is 0 Å². The molecule has 0 amide bonds. The molecular formula is C14H19NSi. The van der Waals surface area contributed by atoms with Crippen molar-refractivity contribution in [2.45, 2.75) is 19.6 Å². The van der Waals surface area contributed by atoms with Crippen LogP contribution in [0.15, 0.2) is 36.9 Å². The lowest BCUT2D eigenvalue weighted by Gasteiger charge is -2.20. The van der Waals surface area contributed by atoms with E-state index in [1.165, 1.54) is 21.8 Å². The van der Waals surface area contributed by atoms with Crippen LogP contribution in [0.5, 0.6) is 0 Å². The highest BCUT2D eigenvalue weighted by atomic mass is 28.3. The second kappa shape index (κ2) is 3.63. The molecule has 1 aromatic carbocycles. The highest BCUT2D eigenvalue weighted by molar-refractivity contribution is 6.93. The molecule has 0 spiro atoms. The maximum absolute atomic E-state index is 4.29. The van der Waals surface area contributed by atoms with Crippen molar-refractivity contribution in [1.82, 2.24) is 4.57 Å². The fourth-order valence-corrected chi connectivity index (χ4v) is 2.97. The van der Waals surface area contributed by atoms with E-state index in [9.17, 15) is 0 Å². The fraction of sp³-hybridized carbons (Fsp3) is 0.286. The molecule has 2 rings (SSSR count). The maximum atomic E-state index is 4.29. The molecule has 0 atom stereocenters. The number of aryl methyl sites for hydroxylation is 1. The van der Waals surface area contributed by atoms with E-state index in [0.29, 0.717) is 0 Å². The number of para-hydroxylation sites is 1. The quantitative estimate of drug-likeness (QED) is 0.684. The molecule has 0 unspecified atom stereocenters. The Morgan fingerprint density at radius 1 is 1.19 bits per heavy atom. The number of rotatable bonds is 2. The van der Waals surface area contributed by atoms with E-state index in [1.54, 1.807) is 0 Å². The van der Waals surface area contributed by atoms with Crippen molar-refractivity contribution >= 4 is 24.2 Å². The van der Waals surface area contributed by atoms with Crippen molar-refractivity contribution in [2.24, 2.45) is 7.05 Å². The number of nitrogens with zero attached hydrogens (tertiary/aromatic N) is 1. The largest absolute Gasteiger partial charge is 0.344 e. The molecule has 1 aromatic heterocycles. The molecule has 1 nitrogen and oxygen atoms in total. The molecule has 0 saturated heterocycles. The van der Waals surface area contributed by atoms with Gasteiger partial charge in [0.2, 0.25) is 0 Å². The van der Waals surface area contributed by atoms with E-state index in [0.717, 1.165) is 0 Å². The average Bonchev–Trinajstić information content (AvgIpc) is 2.54. The van der Waals surface area contributed by atoms with Crippen LogP contribution in [0.3, 0.4) is 0 Å². The zero-order valence-electron chi connectivity index (χ0n) is 10.5. The van der Waals surface area contributed by atoms with Crippen molar-refractivity contribution < 1.29 is 0 Å². The van der Waals surface area contributed by atoms with Crippen LogP contribution in [0, 0.1) is 0 Å². The minimum absolute atomic E-state index is 1.29. The first-order valence-corrected chi connectivity index (χ1v) is 9.15. The SMILES string of the molecule is C=C(c1cc2ccccc2n1C)[Si](C)(C)C. The Morgan fingerprint density at radius 3 is 2.38 bits per heavy atom. The Bertz CT molecular complexity index is 543. The van der Waals surface area contributed by atoms with Gasteiger partial charge in [0.1, 0.15) is 0 Å². The predicted octanol–water partition coefficient (Wildman–Crippen LogP) is 4.07. The minimum atomic E-state index is -1.31. The van der Waals surface area contributed by atoms with Gasteiger partial charge in [-0.25, -0.2) is 0 Å². The van der Waals surface area contributed by atoms with Crippen LogP contribution in [-0.4, -0.2) is 12.6 Å². The summed E-state index contributed by atoms with van der Waals surface area (Å²) in [6.07, 6.45) is 0. The van der Waals surface area contributed by atoms with E-state index < -0.39 is 8.07 Å². The standard InChI is InChI=1S/C14H19NSi/c1-11(16(3,4)5)14-10-12-8-6-7-9-13(12)15(14)2/h6-10H,1H2,2-5H3. The molecule has 0 aliphatic heterocycles. The van der Waals surface area contributed by atoms with E-state index >= 15 is 0 Å². The Morgan fingerprint density at radius 2 is 1.81 bits per heavy atom. The van der Waals surface area contributed by atoms with Crippen molar-refractivity contribution in [1.29, 1.82) is 0 Å². The van der Waals surface area contributed by atoms with Crippen LogP contribution in [0.25, 0.3) is 16.1 Å². The van der Waals surface area contributed by atoms with Crippen molar-refractivity contribution in [3.05, 3.63) is 42.6 Å². The average molecular weight is 229 g/mol. The molecule has 0 aliphatic carbocycles. The molecule has 84 valence electrons. The van der Waals surface area contributed by atoms with E-state index in [2.05, 4.69) is 68.2 Å². The summed E-state index contributed by atoms with van der Waals surface area (Å²) in [5.41, 5.74) is 2.58. The summed E-state index contributed by atoms with van der Waals surface area (Å²) in [7, 11) is 0.817. The summed E-state index contributed by atoms with van der Waals surface area (Å²) < 4.78 is 2.26. The second-order valence-electron chi connectivity index (χ2n) is 5.38. The first-order valence-electron chi connectivity index (χ1n) is 5.65. The van der Waals surface area contributed by atoms with Gasteiger partial charge in [0.25, 0.3) is 0 Å². The molecule has 0 bridgehead atoms. The molecular weight excluding hydrogens is 210 g/mol. The monoisotopic (exact) mass is 229 g/mol. The van der Waals surface area contributed by atoms with Gasteiger partial charge < -0.3 is 4.57 Å². The molecule has 16 heavy (non-hydrogen) atoms. The number of hydrogen-bond acceptors (Lipinski definition) is 0. The van der Waals surface area contributed by atoms with Crippen LogP contribution in [0.2, 0.25) is 19.6 Å². The fourth-order valence-electron chi connectivity index (χ4n) is 1.96. The van der Waals surface area contributed by atoms with Gasteiger partial charge in [-0.1, -0.05) is 44.4 Å². The van der Waals surface area contributed by atoms with Crippen molar-refractivity contribution in [3.8, 4) is 0 Å². The maximum Gasteiger partial charge on any atom is 0.0795 e. The number of aromatic nitrogens is 1. The molecule has 1 heterocycles. The molecule has 0 radical (unpaired) electrons. The highest BCUT2D eigenvalue weighted by Crippen LogP contribution is 2.28. The Labute approximate surface area is 98.4 Å². The van der Waals surface area contributed by atoms with Crippen LogP contribution in [0.4, 0.5) is 0 Å². The molecule has 0 saturated carbocycles. The topological polar surface area (TPSA) is 4.93 Å². The van der Waals surface area contributed by atoms with E-state index in [4.69, 9.17) is 0 Å². The highest BCUT2D eigenvalue weighted by Gasteiger charge is 2.21. The van der Waals surface area contributed by atoms with Crippen molar-refractivity contribution in [3.63, 3.8) is 0 Å². The number of fused-ring (bicyclic) bond motifs is 1. The smallest absolute Gasteiger partial charge is 0.0795 e. The van der Waals surface area contributed by atoms with Gasteiger partial charge in [-0.05, 0) is 17.3 Å². The lowest BCUT2D eigenvalue weighted by atomic mass is 10.2. The Hall–Kier alpha value is -1.28. The number of benzene rings is 1. The molecule has 0 aliphatic rings. The van der Waals surface area contributed by atoms with Gasteiger partial charge in [0, 0.05) is 23.6 Å². The van der Waals surface area contributed by atoms with Gasteiger partial charge in [-0.3, -0.25) is 0 Å². The molecule has 2 heteroatoms. The van der Waals surface area contributed by atoms with Crippen LogP contribution >= 0.6 is 0 Å². The van der Waals surface area contributed by atoms with E-state index in [-0.39, 0.29) is 0 Å². The van der Waals surface area contributed by atoms with E-state index in [1.807, 2.05) is 0 Å². The third-order valence-corrected chi connectivity index (χ3v) is 5.23. The Balaban J connectivity index is 2.63. The van der Waals surface area contributed by atoms with Crippen LogP contribution in [0.1, 0.15) is 5.69 Å². The zero-order valence-corrected chi connectivity index (χ0v) is 11.5. The predicted molar refractivity (Wildman–Crippen MR) is 75.3 cm³/mol. The molecule has 2 aromatic rings. The second-order valence-corrected chi connectivity index (χ2v) is 10.5. The van der Waals surface area contributed by atoms with Crippen molar-refractivity contribution in [2.75, 3.05) is 0 Å². The Kier molecular flexibility index (Phi) is 2.54. The van der Waals surface area contributed by atoms with Gasteiger partial charge >= 0.3 is 0 Å². The molecule has 0 N–H and O–H groups in total. The first kappa shape index (κ1) is 11.2. The third-order valence-electron chi connectivity index (χ3n) is 3.17. The van der Waals surface area contributed by atoms with Gasteiger partial charge in [0.15, 0.2) is 0 Å². The summed E-state index contributed by atoms with van der Waals surface area (Å²) in [4.78, 5) is 0. The lowest BCUT2D eigenvalue weighted by Crippen LogP contribution is -2.23. The van der Waals surface area contributed by atoms with Gasteiger partial charge in [-0.2, -0.15) is 0 Å². The third kappa shape index (κ3) is 1.74. The number of hydrogen-bond donors (Lipinski definition) is 0. The van der Waals surface area contributed by atoms with Gasteiger partial charge in [0.05, 0.1) is 8.07 Å². The first-order chi connectivity index (χ1) is 7.41. The minimum Gasteiger partial charge on any atom is -0.344 e. The van der Waals surface area contributed by atoms with Crippen LogP contribution < -0.4 is 0 Å². The summed E-state index contributed by atoms with van der Waals surface area (Å²) in [6, 6.07) is 10.8. The lowest BCUT2D eigenvalue weighted by molar-refractivity contribution is 0.951. The summed E-state index contributed by atoms with van der Waals surface area (Å²) >= 11 is 0. The molecule has 0 fully saturated rings. The zero-order chi connectivity index (χ0) is 11.9. The van der Waals surface area contributed by atoms with Crippen LogP contribution in [-0.2, 0) is 7.05 Å². The summed E-state index contributed by atoms with van der Waals surface area (Å²) in [5.74, 6) is 0.